The zero-order valence-electron chi connectivity index (χ0n) is 16.3. The van der Waals surface area contributed by atoms with Gasteiger partial charge in [-0.25, -0.2) is 8.42 Å². The molecule has 0 radical (unpaired) electrons. The molecule has 1 aliphatic rings. The van der Waals surface area contributed by atoms with Crippen LogP contribution in [0.3, 0.4) is 0 Å². The summed E-state index contributed by atoms with van der Waals surface area (Å²) in [6, 6.07) is 9.30. The van der Waals surface area contributed by atoms with E-state index in [0.29, 0.717) is 36.2 Å². The minimum atomic E-state index is -3.51. The van der Waals surface area contributed by atoms with Crippen LogP contribution in [0.4, 0.5) is 0 Å². The second kappa shape index (κ2) is 7.91. The van der Waals surface area contributed by atoms with Gasteiger partial charge >= 0.3 is 0 Å². The molecule has 1 saturated heterocycles. The Morgan fingerprint density at radius 1 is 1.21 bits per heavy atom. The van der Waals surface area contributed by atoms with Crippen LogP contribution in [-0.2, 0) is 21.3 Å². The van der Waals surface area contributed by atoms with Gasteiger partial charge in [-0.1, -0.05) is 6.07 Å². The minimum absolute atomic E-state index is 0.218. The first-order chi connectivity index (χ1) is 13.8. The Balaban J connectivity index is 1.44. The van der Waals surface area contributed by atoms with Crippen molar-refractivity contribution in [2.24, 2.45) is 0 Å². The number of nitrogens with one attached hydrogen (secondary N) is 2. The lowest BCUT2D eigenvalue weighted by atomic mass is 10.1. The first-order valence-corrected chi connectivity index (χ1v) is 11.6. The van der Waals surface area contributed by atoms with Gasteiger partial charge in [-0.15, -0.1) is 11.3 Å². The lowest BCUT2D eigenvalue weighted by molar-refractivity contribution is 0.0731. The number of amides is 1. The summed E-state index contributed by atoms with van der Waals surface area (Å²) in [7, 11) is -3.51. The zero-order chi connectivity index (χ0) is 20.6. The lowest BCUT2D eigenvalue weighted by Gasteiger charge is -2.25. The summed E-state index contributed by atoms with van der Waals surface area (Å²) in [5.74, 6) is -0.218. The van der Waals surface area contributed by atoms with Gasteiger partial charge in [0.05, 0.1) is 19.8 Å². The number of hydrogen-bond acceptors (Lipinski definition) is 5. The third kappa shape index (κ3) is 4.09. The SMILES string of the molecule is Cc1cc(C)c2cc(C(=O)NCc3ccc(S(=O)(=O)N4CCOCC4)s3)[nH]c2c1. The Bertz CT molecular complexity index is 1160. The van der Waals surface area contributed by atoms with Crippen LogP contribution in [0.15, 0.2) is 34.5 Å². The van der Waals surface area contributed by atoms with Gasteiger partial charge in [0.25, 0.3) is 15.9 Å². The normalized spacial score (nSPS) is 15.7. The van der Waals surface area contributed by atoms with Gasteiger partial charge in [0, 0.05) is 28.9 Å². The van der Waals surface area contributed by atoms with Crippen LogP contribution in [0, 0.1) is 13.8 Å². The number of ether oxygens (including phenoxy) is 1. The number of carbonyl (C=O) groups is 1. The molecule has 1 aliphatic heterocycles. The average Bonchev–Trinajstić information content (AvgIpc) is 3.34. The Hall–Kier alpha value is -2.20. The fraction of sp³-hybridized carbons (Fsp3) is 0.350. The molecule has 3 heterocycles. The number of nitrogens with zero attached hydrogens (tertiary/aromatic N) is 1. The summed E-state index contributed by atoms with van der Waals surface area (Å²) in [4.78, 5) is 16.5. The highest BCUT2D eigenvalue weighted by Crippen LogP contribution is 2.26. The third-order valence-electron chi connectivity index (χ3n) is 4.96. The highest BCUT2D eigenvalue weighted by atomic mass is 32.2. The van der Waals surface area contributed by atoms with Crippen LogP contribution in [0.5, 0.6) is 0 Å². The van der Waals surface area contributed by atoms with E-state index in [4.69, 9.17) is 4.74 Å². The predicted octanol–water partition coefficient (Wildman–Crippen LogP) is 2.80. The fourth-order valence-corrected chi connectivity index (χ4v) is 6.35. The second-order valence-corrected chi connectivity index (χ2v) is 10.5. The molecular formula is C20H23N3O4S2. The van der Waals surface area contributed by atoms with Gasteiger partial charge in [-0.3, -0.25) is 4.79 Å². The number of aromatic nitrogens is 1. The number of hydrogen-bond donors (Lipinski definition) is 2. The highest BCUT2D eigenvalue weighted by molar-refractivity contribution is 7.91. The first kappa shape index (κ1) is 20.1. The zero-order valence-corrected chi connectivity index (χ0v) is 18.0. The van der Waals surface area contributed by atoms with Crippen molar-refractivity contribution in [2.75, 3.05) is 26.3 Å². The topological polar surface area (TPSA) is 91.5 Å². The second-order valence-electron chi connectivity index (χ2n) is 7.15. The van der Waals surface area contributed by atoms with Crippen molar-refractivity contribution in [1.82, 2.24) is 14.6 Å². The average molecular weight is 434 g/mol. The van der Waals surface area contributed by atoms with Gasteiger partial charge in [0.1, 0.15) is 9.90 Å². The first-order valence-electron chi connectivity index (χ1n) is 9.39. The maximum absolute atomic E-state index is 12.7. The summed E-state index contributed by atoms with van der Waals surface area (Å²) in [5, 5.41) is 3.89. The van der Waals surface area contributed by atoms with E-state index in [0.717, 1.165) is 26.9 Å². The summed E-state index contributed by atoms with van der Waals surface area (Å²) in [5.41, 5.74) is 3.68. The van der Waals surface area contributed by atoms with Crippen molar-refractivity contribution in [3.63, 3.8) is 0 Å². The molecule has 154 valence electrons. The number of fused-ring (bicyclic) bond motifs is 1. The molecule has 2 N–H and O–H groups in total. The Kier molecular flexibility index (Phi) is 5.48. The molecule has 1 aromatic carbocycles. The van der Waals surface area contributed by atoms with Crippen molar-refractivity contribution >= 4 is 38.2 Å². The largest absolute Gasteiger partial charge is 0.379 e. The van der Waals surface area contributed by atoms with Crippen molar-refractivity contribution in [3.05, 3.63) is 52.0 Å². The molecule has 0 bridgehead atoms. The monoisotopic (exact) mass is 433 g/mol. The predicted molar refractivity (Wildman–Crippen MR) is 113 cm³/mol. The molecule has 0 unspecified atom stereocenters. The van der Waals surface area contributed by atoms with E-state index in [2.05, 4.69) is 16.4 Å². The number of aromatic amines is 1. The van der Waals surface area contributed by atoms with Gasteiger partial charge < -0.3 is 15.0 Å². The van der Waals surface area contributed by atoms with Gasteiger partial charge in [-0.05, 0) is 49.2 Å². The van der Waals surface area contributed by atoms with E-state index < -0.39 is 10.0 Å². The van der Waals surface area contributed by atoms with Gasteiger partial charge in [0.2, 0.25) is 0 Å². The van der Waals surface area contributed by atoms with E-state index in [1.54, 1.807) is 12.1 Å². The summed E-state index contributed by atoms with van der Waals surface area (Å²) in [6.45, 7) is 5.88. The quantitative estimate of drug-likeness (QED) is 0.647. The molecule has 0 aliphatic carbocycles. The maximum Gasteiger partial charge on any atom is 0.268 e. The number of benzene rings is 1. The number of aryl methyl sites for hydroxylation is 2. The Morgan fingerprint density at radius 3 is 2.72 bits per heavy atom. The number of H-pyrrole nitrogens is 1. The highest BCUT2D eigenvalue weighted by Gasteiger charge is 2.27. The lowest BCUT2D eigenvalue weighted by Crippen LogP contribution is -2.40. The Labute approximate surface area is 173 Å². The van der Waals surface area contributed by atoms with Crippen LogP contribution in [0.2, 0.25) is 0 Å². The molecule has 4 rings (SSSR count). The van der Waals surface area contributed by atoms with Crippen LogP contribution in [0.1, 0.15) is 26.5 Å². The molecule has 7 nitrogen and oxygen atoms in total. The van der Waals surface area contributed by atoms with E-state index in [1.807, 2.05) is 26.0 Å². The molecule has 1 amide bonds. The van der Waals surface area contributed by atoms with Crippen molar-refractivity contribution in [1.29, 1.82) is 0 Å². The van der Waals surface area contributed by atoms with Crippen molar-refractivity contribution in [2.45, 2.75) is 24.6 Å². The summed E-state index contributed by atoms with van der Waals surface area (Å²) >= 11 is 1.18. The molecule has 0 atom stereocenters. The minimum Gasteiger partial charge on any atom is -0.379 e. The summed E-state index contributed by atoms with van der Waals surface area (Å²) < 4.78 is 32.4. The van der Waals surface area contributed by atoms with Crippen LogP contribution < -0.4 is 5.32 Å². The molecular weight excluding hydrogens is 410 g/mol. The standard InChI is InChI=1S/C20H23N3O4S2/c1-13-9-14(2)16-11-18(22-17(16)10-13)20(24)21-12-15-3-4-19(28-15)29(25,26)23-5-7-27-8-6-23/h3-4,9-11,22H,5-8,12H2,1-2H3,(H,21,24). The van der Waals surface area contributed by atoms with E-state index >= 15 is 0 Å². The molecule has 9 heteroatoms. The number of carbonyl (C=O) groups excluding carboxylic acids is 1. The van der Waals surface area contributed by atoms with E-state index in [9.17, 15) is 13.2 Å². The van der Waals surface area contributed by atoms with Crippen LogP contribution in [-0.4, -0.2) is 49.9 Å². The van der Waals surface area contributed by atoms with Crippen LogP contribution >= 0.6 is 11.3 Å². The Morgan fingerprint density at radius 2 is 1.97 bits per heavy atom. The molecule has 1 fully saturated rings. The number of thiophene rings is 1. The van der Waals surface area contributed by atoms with E-state index in [1.165, 1.54) is 15.6 Å². The smallest absolute Gasteiger partial charge is 0.268 e. The summed E-state index contributed by atoms with van der Waals surface area (Å²) in [6.07, 6.45) is 0. The molecule has 3 aromatic rings. The molecule has 29 heavy (non-hydrogen) atoms. The van der Waals surface area contributed by atoms with Gasteiger partial charge in [-0.2, -0.15) is 4.31 Å². The maximum atomic E-state index is 12.7. The van der Waals surface area contributed by atoms with Gasteiger partial charge in [0.15, 0.2) is 0 Å². The number of morpholine rings is 1. The van der Waals surface area contributed by atoms with Crippen molar-refractivity contribution < 1.29 is 17.9 Å². The molecule has 2 aromatic heterocycles. The number of sulfonamides is 1. The fourth-order valence-electron chi connectivity index (χ4n) is 3.49. The van der Waals surface area contributed by atoms with E-state index in [-0.39, 0.29) is 12.5 Å². The molecule has 0 saturated carbocycles. The molecule has 0 spiro atoms. The number of rotatable bonds is 5. The van der Waals surface area contributed by atoms with Crippen molar-refractivity contribution in [3.8, 4) is 0 Å². The third-order valence-corrected chi connectivity index (χ3v) is 8.41. The van der Waals surface area contributed by atoms with Crippen LogP contribution in [0.25, 0.3) is 10.9 Å².